The van der Waals surface area contributed by atoms with Crippen molar-refractivity contribution in [3.05, 3.63) is 29.8 Å². The maximum absolute atomic E-state index is 5.60. The molecule has 1 aliphatic heterocycles. The lowest BCUT2D eigenvalue weighted by atomic mass is 10.0. The minimum atomic E-state index is 0.605. The van der Waals surface area contributed by atoms with Crippen molar-refractivity contribution in [1.29, 1.82) is 0 Å². The van der Waals surface area contributed by atoms with Crippen molar-refractivity contribution in [2.75, 3.05) is 31.5 Å². The number of nitrogens with zero attached hydrogens (tertiary/aromatic N) is 1. The van der Waals surface area contributed by atoms with Gasteiger partial charge in [-0.25, -0.2) is 0 Å². The van der Waals surface area contributed by atoms with Crippen LogP contribution in [0.4, 0.5) is 5.69 Å². The Bertz CT molecular complexity index is 364. The van der Waals surface area contributed by atoms with Crippen LogP contribution in [0.5, 0.6) is 0 Å². The highest BCUT2D eigenvalue weighted by molar-refractivity contribution is 5.46. The zero-order chi connectivity index (χ0) is 13.7. The van der Waals surface area contributed by atoms with Gasteiger partial charge in [-0.3, -0.25) is 0 Å². The fourth-order valence-electron chi connectivity index (χ4n) is 2.68. The second-order valence-electron chi connectivity index (χ2n) is 5.83. The SMILES string of the molecule is CC(C)c1ccc(NC2CCN(CCN)CC2)cc1. The van der Waals surface area contributed by atoms with Gasteiger partial charge in [0.2, 0.25) is 0 Å². The van der Waals surface area contributed by atoms with Crippen molar-refractivity contribution in [2.45, 2.75) is 38.6 Å². The molecule has 3 N–H and O–H groups in total. The van der Waals surface area contributed by atoms with Gasteiger partial charge in [0, 0.05) is 37.9 Å². The van der Waals surface area contributed by atoms with E-state index in [0.29, 0.717) is 12.0 Å². The first-order valence-corrected chi connectivity index (χ1v) is 7.48. The summed E-state index contributed by atoms with van der Waals surface area (Å²) in [6.07, 6.45) is 2.43. The second-order valence-corrected chi connectivity index (χ2v) is 5.83. The minimum Gasteiger partial charge on any atom is -0.382 e. The van der Waals surface area contributed by atoms with Gasteiger partial charge in [0.25, 0.3) is 0 Å². The average Bonchev–Trinajstić information content (AvgIpc) is 2.42. The molecule has 1 saturated heterocycles. The van der Waals surface area contributed by atoms with Crippen molar-refractivity contribution < 1.29 is 0 Å². The van der Waals surface area contributed by atoms with Gasteiger partial charge in [-0.05, 0) is 36.5 Å². The number of likely N-dealkylation sites (tertiary alicyclic amines) is 1. The minimum absolute atomic E-state index is 0.605. The summed E-state index contributed by atoms with van der Waals surface area (Å²) >= 11 is 0. The van der Waals surface area contributed by atoms with Gasteiger partial charge in [0.15, 0.2) is 0 Å². The van der Waals surface area contributed by atoms with Crippen molar-refractivity contribution >= 4 is 5.69 Å². The van der Waals surface area contributed by atoms with E-state index in [1.54, 1.807) is 0 Å². The molecule has 3 nitrogen and oxygen atoms in total. The number of nitrogens with two attached hydrogens (primary N) is 1. The molecule has 0 unspecified atom stereocenters. The van der Waals surface area contributed by atoms with Crippen LogP contribution in [0.1, 0.15) is 38.2 Å². The second kappa shape index (κ2) is 6.92. The zero-order valence-corrected chi connectivity index (χ0v) is 12.2. The summed E-state index contributed by atoms with van der Waals surface area (Å²) in [7, 11) is 0. The summed E-state index contributed by atoms with van der Waals surface area (Å²) in [4.78, 5) is 2.46. The quantitative estimate of drug-likeness (QED) is 0.856. The fourth-order valence-corrected chi connectivity index (χ4v) is 2.68. The van der Waals surface area contributed by atoms with Crippen LogP contribution in [-0.2, 0) is 0 Å². The summed E-state index contributed by atoms with van der Waals surface area (Å²) in [5, 5.41) is 3.65. The smallest absolute Gasteiger partial charge is 0.0342 e. The summed E-state index contributed by atoms with van der Waals surface area (Å²) < 4.78 is 0. The Balaban J connectivity index is 1.82. The molecule has 0 spiro atoms. The molecule has 0 saturated carbocycles. The van der Waals surface area contributed by atoms with Gasteiger partial charge in [-0.2, -0.15) is 0 Å². The van der Waals surface area contributed by atoms with E-state index in [1.807, 2.05) is 0 Å². The predicted octanol–water partition coefficient (Wildman–Crippen LogP) is 2.65. The lowest BCUT2D eigenvalue weighted by molar-refractivity contribution is 0.224. The molecule has 1 aliphatic rings. The predicted molar refractivity (Wildman–Crippen MR) is 82.7 cm³/mol. The first-order chi connectivity index (χ1) is 9.19. The average molecular weight is 261 g/mol. The summed E-state index contributed by atoms with van der Waals surface area (Å²) in [6.45, 7) is 8.60. The van der Waals surface area contributed by atoms with Gasteiger partial charge >= 0.3 is 0 Å². The molecule has 0 amide bonds. The highest BCUT2D eigenvalue weighted by Crippen LogP contribution is 2.20. The van der Waals surface area contributed by atoms with Crippen LogP contribution in [0.25, 0.3) is 0 Å². The molecule has 106 valence electrons. The van der Waals surface area contributed by atoms with Crippen LogP contribution in [0.2, 0.25) is 0 Å². The Morgan fingerprint density at radius 2 is 1.84 bits per heavy atom. The molecule has 19 heavy (non-hydrogen) atoms. The third-order valence-corrected chi connectivity index (χ3v) is 3.98. The van der Waals surface area contributed by atoms with E-state index < -0.39 is 0 Å². The van der Waals surface area contributed by atoms with Crippen LogP contribution in [0.3, 0.4) is 0 Å². The van der Waals surface area contributed by atoms with Crippen LogP contribution < -0.4 is 11.1 Å². The third kappa shape index (κ3) is 4.22. The van der Waals surface area contributed by atoms with E-state index in [2.05, 4.69) is 48.3 Å². The Kier molecular flexibility index (Phi) is 5.23. The molecule has 3 heteroatoms. The maximum Gasteiger partial charge on any atom is 0.0342 e. The van der Waals surface area contributed by atoms with Crippen molar-refractivity contribution in [3.63, 3.8) is 0 Å². The van der Waals surface area contributed by atoms with Gasteiger partial charge in [0.05, 0.1) is 0 Å². The number of piperidine rings is 1. The maximum atomic E-state index is 5.60. The van der Waals surface area contributed by atoms with Gasteiger partial charge in [-0.15, -0.1) is 0 Å². The van der Waals surface area contributed by atoms with E-state index in [9.17, 15) is 0 Å². The van der Waals surface area contributed by atoms with E-state index in [-0.39, 0.29) is 0 Å². The number of hydrogen-bond acceptors (Lipinski definition) is 3. The zero-order valence-electron chi connectivity index (χ0n) is 12.2. The molecule has 0 atom stereocenters. The number of rotatable bonds is 5. The van der Waals surface area contributed by atoms with Crippen molar-refractivity contribution in [2.24, 2.45) is 5.73 Å². The van der Waals surface area contributed by atoms with E-state index in [1.165, 1.54) is 37.2 Å². The Morgan fingerprint density at radius 1 is 1.21 bits per heavy atom. The molecule has 1 aromatic rings. The number of nitrogens with one attached hydrogen (secondary N) is 1. The molecule has 1 fully saturated rings. The van der Waals surface area contributed by atoms with Gasteiger partial charge < -0.3 is 16.0 Å². The Labute approximate surface area is 117 Å². The van der Waals surface area contributed by atoms with E-state index in [4.69, 9.17) is 5.73 Å². The first kappa shape index (κ1) is 14.4. The highest BCUT2D eigenvalue weighted by Gasteiger charge is 2.18. The molecule has 0 radical (unpaired) electrons. The first-order valence-electron chi connectivity index (χ1n) is 7.48. The summed E-state index contributed by atoms with van der Waals surface area (Å²) in [5.41, 5.74) is 8.26. The normalized spacial score (nSPS) is 17.9. The molecular weight excluding hydrogens is 234 g/mol. The lowest BCUT2D eigenvalue weighted by Crippen LogP contribution is -2.41. The van der Waals surface area contributed by atoms with Crippen LogP contribution in [0, 0.1) is 0 Å². The van der Waals surface area contributed by atoms with Crippen LogP contribution >= 0.6 is 0 Å². The largest absolute Gasteiger partial charge is 0.382 e. The monoisotopic (exact) mass is 261 g/mol. The molecule has 1 heterocycles. The molecule has 0 bridgehead atoms. The summed E-state index contributed by atoms with van der Waals surface area (Å²) in [6, 6.07) is 9.50. The van der Waals surface area contributed by atoms with Gasteiger partial charge in [0.1, 0.15) is 0 Å². The molecular formula is C16H27N3. The van der Waals surface area contributed by atoms with Crippen molar-refractivity contribution in [1.82, 2.24) is 4.90 Å². The Hall–Kier alpha value is -1.06. The van der Waals surface area contributed by atoms with E-state index >= 15 is 0 Å². The van der Waals surface area contributed by atoms with E-state index in [0.717, 1.165) is 13.1 Å². The van der Waals surface area contributed by atoms with Crippen LogP contribution in [0.15, 0.2) is 24.3 Å². The highest BCUT2D eigenvalue weighted by atomic mass is 15.1. The van der Waals surface area contributed by atoms with Crippen LogP contribution in [-0.4, -0.2) is 37.1 Å². The Morgan fingerprint density at radius 3 is 2.37 bits per heavy atom. The van der Waals surface area contributed by atoms with Crippen molar-refractivity contribution in [3.8, 4) is 0 Å². The van der Waals surface area contributed by atoms with Gasteiger partial charge in [-0.1, -0.05) is 26.0 Å². The molecule has 0 aromatic heterocycles. The number of anilines is 1. The topological polar surface area (TPSA) is 41.3 Å². The lowest BCUT2D eigenvalue weighted by Gasteiger charge is -2.32. The fraction of sp³-hybridized carbons (Fsp3) is 0.625. The summed E-state index contributed by atoms with van der Waals surface area (Å²) in [5.74, 6) is 0.605. The molecule has 2 rings (SSSR count). The molecule has 1 aromatic carbocycles. The number of hydrogen-bond donors (Lipinski definition) is 2. The third-order valence-electron chi connectivity index (χ3n) is 3.98. The standard InChI is InChI=1S/C16H27N3/c1-13(2)14-3-5-15(6-4-14)18-16-7-10-19(11-8-16)12-9-17/h3-6,13,16,18H,7-12,17H2,1-2H3. The molecule has 0 aliphatic carbocycles. The number of benzene rings is 1.